The molecule has 0 aliphatic carbocycles. The van der Waals surface area contributed by atoms with Crippen LogP contribution in [0.4, 0.5) is 0 Å². The maximum Gasteiger partial charge on any atom is 0.254 e. The Morgan fingerprint density at radius 2 is 2.12 bits per heavy atom. The second-order valence-corrected chi connectivity index (χ2v) is 5.88. The molecule has 0 spiro atoms. The van der Waals surface area contributed by atoms with Crippen LogP contribution in [0.1, 0.15) is 28.9 Å². The molecule has 126 valence electrons. The SMILES string of the molecule is COc1cccc(C(=O)N2CCCC(Oc3ccc(C)nn3)C2)c1. The Bertz CT molecular complexity index is 703. The molecular formula is C18H21N3O3. The summed E-state index contributed by atoms with van der Waals surface area (Å²) in [6.07, 6.45) is 1.74. The Morgan fingerprint density at radius 3 is 2.88 bits per heavy atom. The van der Waals surface area contributed by atoms with Crippen molar-refractivity contribution in [1.82, 2.24) is 15.1 Å². The molecule has 0 radical (unpaired) electrons. The molecule has 1 unspecified atom stereocenters. The third-order valence-corrected chi connectivity index (χ3v) is 4.04. The van der Waals surface area contributed by atoms with Crippen molar-refractivity contribution in [3.63, 3.8) is 0 Å². The zero-order valence-corrected chi connectivity index (χ0v) is 13.9. The fourth-order valence-electron chi connectivity index (χ4n) is 2.78. The zero-order valence-electron chi connectivity index (χ0n) is 13.9. The normalized spacial score (nSPS) is 17.4. The number of carbonyl (C=O) groups is 1. The molecule has 1 saturated heterocycles. The minimum Gasteiger partial charge on any atom is -0.497 e. The van der Waals surface area contributed by atoms with Crippen molar-refractivity contribution in [2.75, 3.05) is 20.2 Å². The van der Waals surface area contributed by atoms with Gasteiger partial charge in [-0.2, -0.15) is 5.10 Å². The van der Waals surface area contributed by atoms with Crippen LogP contribution in [0.2, 0.25) is 0 Å². The minimum absolute atomic E-state index is 0.00260. The lowest BCUT2D eigenvalue weighted by molar-refractivity contribution is 0.0525. The van der Waals surface area contributed by atoms with Gasteiger partial charge in [-0.3, -0.25) is 4.79 Å². The molecule has 6 heteroatoms. The number of amides is 1. The number of hydrogen-bond acceptors (Lipinski definition) is 5. The van der Waals surface area contributed by atoms with Crippen LogP contribution < -0.4 is 9.47 Å². The van der Waals surface area contributed by atoms with E-state index in [1.807, 2.05) is 36.1 Å². The van der Waals surface area contributed by atoms with E-state index in [0.29, 0.717) is 23.7 Å². The van der Waals surface area contributed by atoms with Gasteiger partial charge in [-0.25, -0.2) is 0 Å². The lowest BCUT2D eigenvalue weighted by Gasteiger charge is -2.32. The smallest absolute Gasteiger partial charge is 0.254 e. The van der Waals surface area contributed by atoms with Crippen molar-refractivity contribution < 1.29 is 14.3 Å². The van der Waals surface area contributed by atoms with E-state index >= 15 is 0 Å². The van der Waals surface area contributed by atoms with Gasteiger partial charge in [0.15, 0.2) is 0 Å². The van der Waals surface area contributed by atoms with E-state index in [0.717, 1.165) is 25.1 Å². The highest BCUT2D eigenvalue weighted by atomic mass is 16.5. The number of ether oxygens (including phenoxy) is 2. The van der Waals surface area contributed by atoms with Gasteiger partial charge in [0.2, 0.25) is 5.88 Å². The van der Waals surface area contributed by atoms with E-state index in [1.165, 1.54) is 0 Å². The Balaban J connectivity index is 1.66. The molecular weight excluding hydrogens is 306 g/mol. The van der Waals surface area contributed by atoms with Crippen LogP contribution in [0.15, 0.2) is 36.4 Å². The van der Waals surface area contributed by atoms with E-state index in [2.05, 4.69) is 10.2 Å². The minimum atomic E-state index is -0.0645. The monoisotopic (exact) mass is 327 g/mol. The van der Waals surface area contributed by atoms with Crippen molar-refractivity contribution in [2.45, 2.75) is 25.9 Å². The Labute approximate surface area is 141 Å². The zero-order chi connectivity index (χ0) is 16.9. The van der Waals surface area contributed by atoms with Gasteiger partial charge in [-0.05, 0) is 44.0 Å². The van der Waals surface area contributed by atoms with Crippen LogP contribution in [-0.4, -0.2) is 47.3 Å². The predicted molar refractivity (Wildman–Crippen MR) is 89.3 cm³/mol. The van der Waals surface area contributed by atoms with Gasteiger partial charge in [0.05, 0.1) is 19.3 Å². The van der Waals surface area contributed by atoms with E-state index in [1.54, 1.807) is 19.2 Å². The maximum absolute atomic E-state index is 12.7. The number of piperidine rings is 1. The summed E-state index contributed by atoms with van der Waals surface area (Å²) < 4.78 is 11.1. The molecule has 1 aromatic carbocycles. The van der Waals surface area contributed by atoms with Gasteiger partial charge in [0.25, 0.3) is 5.91 Å². The lowest BCUT2D eigenvalue weighted by Crippen LogP contribution is -2.44. The molecule has 2 aromatic rings. The lowest BCUT2D eigenvalue weighted by atomic mass is 10.1. The average molecular weight is 327 g/mol. The van der Waals surface area contributed by atoms with Crippen molar-refractivity contribution in [3.05, 3.63) is 47.7 Å². The number of hydrogen-bond donors (Lipinski definition) is 0. The van der Waals surface area contributed by atoms with Crippen LogP contribution in [0.3, 0.4) is 0 Å². The number of methoxy groups -OCH3 is 1. The predicted octanol–water partition coefficient (Wildman–Crippen LogP) is 2.48. The van der Waals surface area contributed by atoms with Crippen molar-refractivity contribution in [1.29, 1.82) is 0 Å². The van der Waals surface area contributed by atoms with Crippen molar-refractivity contribution >= 4 is 5.91 Å². The second-order valence-electron chi connectivity index (χ2n) is 5.88. The standard InChI is InChI=1S/C18H21N3O3/c1-13-8-9-17(20-19-13)24-16-7-4-10-21(12-16)18(22)14-5-3-6-15(11-14)23-2/h3,5-6,8-9,11,16H,4,7,10,12H2,1-2H3. The Kier molecular flexibility index (Phi) is 4.93. The molecule has 1 atom stereocenters. The summed E-state index contributed by atoms with van der Waals surface area (Å²) in [5.41, 5.74) is 1.48. The van der Waals surface area contributed by atoms with Gasteiger partial charge < -0.3 is 14.4 Å². The summed E-state index contributed by atoms with van der Waals surface area (Å²) in [5, 5.41) is 8.03. The maximum atomic E-state index is 12.7. The van der Waals surface area contributed by atoms with E-state index in [9.17, 15) is 4.79 Å². The van der Waals surface area contributed by atoms with Gasteiger partial charge in [-0.1, -0.05) is 6.07 Å². The topological polar surface area (TPSA) is 64.5 Å². The van der Waals surface area contributed by atoms with E-state index in [4.69, 9.17) is 9.47 Å². The molecule has 1 aliphatic heterocycles. The first-order valence-electron chi connectivity index (χ1n) is 8.06. The first kappa shape index (κ1) is 16.2. The number of aromatic nitrogens is 2. The molecule has 2 heterocycles. The summed E-state index contributed by atoms with van der Waals surface area (Å²) in [6.45, 7) is 3.16. The second kappa shape index (κ2) is 7.29. The molecule has 24 heavy (non-hydrogen) atoms. The number of carbonyl (C=O) groups excluding carboxylic acids is 1. The first-order chi connectivity index (χ1) is 11.7. The summed E-state index contributed by atoms with van der Waals surface area (Å²) in [7, 11) is 1.59. The van der Waals surface area contributed by atoms with Crippen LogP contribution in [0.5, 0.6) is 11.6 Å². The van der Waals surface area contributed by atoms with Gasteiger partial charge >= 0.3 is 0 Å². The number of aryl methyl sites for hydroxylation is 1. The average Bonchev–Trinajstić information content (AvgIpc) is 2.63. The van der Waals surface area contributed by atoms with Gasteiger partial charge in [0.1, 0.15) is 11.9 Å². The molecule has 0 N–H and O–H groups in total. The third kappa shape index (κ3) is 3.82. The van der Waals surface area contributed by atoms with Crippen LogP contribution in [0.25, 0.3) is 0 Å². The quantitative estimate of drug-likeness (QED) is 0.863. The highest BCUT2D eigenvalue weighted by Crippen LogP contribution is 2.20. The molecule has 1 amide bonds. The van der Waals surface area contributed by atoms with Crippen molar-refractivity contribution in [2.24, 2.45) is 0 Å². The van der Waals surface area contributed by atoms with E-state index in [-0.39, 0.29) is 12.0 Å². The molecule has 0 bridgehead atoms. The number of rotatable bonds is 4. The van der Waals surface area contributed by atoms with Gasteiger partial charge in [-0.15, -0.1) is 5.10 Å². The molecule has 1 aromatic heterocycles. The third-order valence-electron chi connectivity index (χ3n) is 4.04. The number of likely N-dealkylation sites (tertiary alicyclic amines) is 1. The number of benzene rings is 1. The molecule has 3 rings (SSSR count). The summed E-state index contributed by atoms with van der Waals surface area (Å²) in [5.74, 6) is 1.18. The molecule has 1 fully saturated rings. The van der Waals surface area contributed by atoms with E-state index < -0.39 is 0 Å². The fourth-order valence-corrected chi connectivity index (χ4v) is 2.78. The highest BCUT2D eigenvalue weighted by Gasteiger charge is 2.26. The van der Waals surface area contributed by atoms with Crippen LogP contribution in [-0.2, 0) is 0 Å². The summed E-state index contributed by atoms with van der Waals surface area (Å²) in [6, 6.07) is 10.9. The number of nitrogens with zero attached hydrogens (tertiary/aromatic N) is 3. The molecule has 6 nitrogen and oxygen atoms in total. The summed E-state index contributed by atoms with van der Waals surface area (Å²) >= 11 is 0. The van der Waals surface area contributed by atoms with Crippen LogP contribution in [0, 0.1) is 6.92 Å². The highest BCUT2D eigenvalue weighted by molar-refractivity contribution is 5.94. The Hall–Kier alpha value is -2.63. The largest absolute Gasteiger partial charge is 0.497 e. The van der Waals surface area contributed by atoms with Crippen LogP contribution >= 0.6 is 0 Å². The first-order valence-corrected chi connectivity index (χ1v) is 8.06. The summed E-state index contributed by atoms with van der Waals surface area (Å²) in [4.78, 5) is 14.5. The van der Waals surface area contributed by atoms with Crippen molar-refractivity contribution in [3.8, 4) is 11.6 Å². The molecule has 1 aliphatic rings. The fraction of sp³-hybridized carbons (Fsp3) is 0.389. The van der Waals surface area contributed by atoms with Gasteiger partial charge in [0, 0.05) is 18.2 Å². The Morgan fingerprint density at radius 1 is 1.25 bits per heavy atom. The molecule has 0 saturated carbocycles.